The monoisotopic (exact) mass is 460 g/mol. The predicted molar refractivity (Wildman–Crippen MR) is 119 cm³/mol. The van der Waals surface area contributed by atoms with Crippen molar-refractivity contribution in [3.05, 3.63) is 82.0 Å². The number of rotatable bonds is 9. The predicted octanol–water partition coefficient (Wildman–Crippen LogP) is 2.68. The lowest BCUT2D eigenvalue weighted by molar-refractivity contribution is -0.128. The minimum absolute atomic E-state index is 0.0390. The van der Waals surface area contributed by atoms with Crippen molar-refractivity contribution in [2.75, 3.05) is 27.2 Å². The maximum atomic E-state index is 13.4. The lowest BCUT2D eigenvalue weighted by Crippen LogP contribution is -2.37. The highest BCUT2D eigenvalue weighted by Crippen LogP contribution is 2.34. The first-order valence-corrected chi connectivity index (χ1v) is 10.5. The molecule has 0 aliphatic carbocycles. The third kappa shape index (κ3) is 5.20. The van der Waals surface area contributed by atoms with E-state index in [2.05, 4.69) is 5.32 Å². The van der Waals surface area contributed by atoms with Crippen molar-refractivity contribution in [3.63, 3.8) is 0 Å². The molecule has 2 amide bonds. The molecule has 170 valence electrons. The molecule has 0 aromatic heterocycles. The molecule has 32 heavy (non-hydrogen) atoms. The Hall–Kier alpha value is -3.10. The lowest BCUT2D eigenvalue weighted by Gasteiger charge is -2.30. The molecule has 7 nitrogen and oxygen atoms in total. The van der Waals surface area contributed by atoms with Gasteiger partial charge in [-0.15, -0.1) is 0 Å². The van der Waals surface area contributed by atoms with Crippen LogP contribution in [0.25, 0.3) is 0 Å². The van der Waals surface area contributed by atoms with Crippen LogP contribution < -0.4 is 5.32 Å². The fourth-order valence-electron chi connectivity index (χ4n) is 3.54. The molecular formula is C23H26ClFN4O3. The van der Waals surface area contributed by atoms with Crippen molar-refractivity contribution in [1.82, 2.24) is 20.0 Å². The van der Waals surface area contributed by atoms with E-state index in [1.54, 1.807) is 38.4 Å². The highest BCUT2D eigenvalue weighted by Gasteiger charge is 2.39. The zero-order chi connectivity index (χ0) is 23.3. The minimum atomic E-state index is -0.458. The molecule has 0 bridgehead atoms. The summed E-state index contributed by atoms with van der Waals surface area (Å²) in [5.74, 6) is -0.282. The number of aliphatic hydroxyl groups excluding tert-OH is 1. The van der Waals surface area contributed by atoms with Gasteiger partial charge in [0.1, 0.15) is 23.5 Å². The van der Waals surface area contributed by atoms with Gasteiger partial charge in [0.15, 0.2) is 0 Å². The molecule has 3 rings (SSSR count). The largest absolute Gasteiger partial charge is 0.396 e. The Balaban J connectivity index is 2.06. The summed E-state index contributed by atoms with van der Waals surface area (Å²) >= 11 is 6.05. The number of carbonyl (C=O) groups excluding carboxylic acids is 2. The Morgan fingerprint density at radius 1 is 1.19 bits per heavy atom. The molecule has 0 fully saturated rings. The Kier molecular flexibility index (Phi) is 7.71. The summed E-state index contributed by atoms with van der Waals surface area (Å²) in [6, 6.07) is 13.3. The van der Waals surface area contributed by atoms with E-state index < -0.39 is 6.17 Å². The average Bonchev–Trinajstić information content (AvgIpc) is 3.17. The number of halogens is 2. The van der Waals surface area contributed by atoms with Gasteiger partial charge in [0.25, 0.3) is 5.91 Å². The molecule has 0 radical (unpaired) electrons. The van der Waals surface area contributed by atoms with Crippen molar-refractivity contribution in [3.8, 4) is 0 Å². The van der Waals surface area contributed by atoms with Gasteiger partial charge in [-0.2, -0.15) is 0 Å². The lowest BCUT2D eigenvalue weighted by atomic mass is 10.1. The van der Waals surface area contributed by atoms with Gasteiger partial charge in [-0.25, -0.2) is 4.39 Å². The summed E-state index contributed by atoms with van der Waals surface area (Å²) in [6.07, 6.45) is 0.601. The third-order valence-corrected chi connectivity index (χ3v) is 5.51. The fourth-order valence-corrected chi connectivity index (χ4v) is 3.67. The van der Waals surface area contributed by atoms with E-state index in [4.69, 9.17) is 16.7 Å². The molecule has 0 saturated heterocycles. The molecular weight excluding hydrogens is 435 g/mol. The summed E-state index contributed by atoms with van der Waals surface area (Å²) in [5, 5.41) is 13.0. The number of carbonyl (C=O) groups is 2. The number of hydrogen-bond donors (Lipinski definition) is 2. The standard InChI is InChI=1S/C23H26ClFN4O3/c1-27(12-3-13-30)23(32)20-22(28(2)15-31)26-21(17-6-8-18(24)9-7-17)29(20)14-16-4-10-19(25)11-5-16/h4-11,15,21,26,30H,3,12-14H2,1-2H3. The Morgan fingerprint density at radius 3 is 2.44 bits per heavy atom. The second kappa shape index (κ2) is 10.5. The number of nitrogens with zero attached hydrogens (tertiary/aromatic N) is 3. The van der Waals surface area contributed by atoms with Gasteiger partial charge in [-0.3, -0.25) is 9.59 Å². The van der Waals surface area contributed by atoms with Crippen LogP contribution in [-0.2, 0) is 16.1 Å². The van der Waals surface area contributed by atoms with Gasteiger partial charge in [0.05, 0.1) is 0 Å². The van der Waals surface area contributed by atoms with Gasteiger partial charge in [0, 0.05) is 38.8 Å². The molecule has 0 saturated carbocycles. The van der Waals surface area contributed by atoms with Crippen LogP contribution in [0.3, 0.4) is 0 Å². The number of likely N-dealkylation sites (N-methyl/N-ethyl adjacent to an activating group) is 1. The second-order valence-electron chi connectivity index (χ2n) is 7.57. The van der Waals surface area contributed by atoms with Crippen molar-refractivity contribution in [2.45, 2.75) is 19.1 Å². The van der Waals surface area contributed by atoms with Crippen LogP contribution in [0.5, 0.6) is 0 Å². The second-order valence-corrected chi connectivity index (χ2v) is 8.01. The van der Waals surface area contributed by atoms with Crippen molar-refractivity contribution in [2.24, 2.45) is 0 Å². The highest BCUT2D eigenvalue weighted by molar-refractivity contribution is 6.30. The maximum Gasteiger partial charge on any atom is 0.273 e. The summed E-state index contributed by atoms with van der Waals surface area (Å²) in [5.41, 5.74) is 1.95. The molecule has 2 N–H and O–H groups in total. The zero-order valence-electron chi connectivity index (χ0n) is 18.0. The van der Waals surface area contributed by atoms with E-state index >= 15 is 0 Å². The van der Waals surface area contributed by atoms with Crippen LogP contribution in [0.15, 0.2) is 60.0 Å². The van der Waals surface area contributed by atoms with Crippen LogP contribution in [0, 0.1) is 5.82 Å². The quantitative estimate of drug-likeness (QED) is 0.563. The average molecular weight is 461 g/mol. The fraction of sp³-hybridized carbons (Fsp3) is 0.304. The van der Waals surface area contributed by atoms with Crippen LogP contribution >= 0.6 is 11.6 Å². The van der Waals surface area contributed by atoms with E-state index in [9.17, 15) is 14.0 Å². The number of benzene rings is 2. The number of aliphatic hydroxyl groups is 1. The highest BCUT2D eigenvalue weighted by atomic mass is 35.5. The van der Waals surface area contributed by atoms with E-state index in [0.29, 0.717) is 42.5 Å². The molecule has 2 aromatic carbocycles. The van der Waals surface area contributed by atoms with Crippen LogP contribution in [0.4, 0.5) is 4.39 Å². The van der Waals surface area contributed by atoms with Gasteiger partial charge in [-0.05, 0) is 41.8 Å². The molecule has 1 aliphatic rings. The van der Waals surface area contributed by atoms with Crippen LogP contribution in [-0.4, -0.2) is 59.4 Å². The smallest absolute Gasteiger partial charge is 0.273 e. The van der Waals surface area contributed by atoms with Gasteiger partial charge >= 0.3 is 0 Å². The molecule has 1 unspecified atom stereocenters. The number of hydrogen-bond acceptors (Lipinski definition) is 5. The Labute approximate surface area is 191 Å². The zero-order valence-corrected chi connectivity index (χ0v) is 18.7. The summed E-state index contributed by atoms with van der Waals surface area (Å²) in [7, 11) is 3.21. The maximum absolute atomic E-state index is 13.4. The molecule has 1 atom stereocenters. The Bertz CT molecular complexity index is 982. The third-order valence-electron chi connectivity index (χ3n) is 5.26. The van der Waals surface area contributed by atoms with Gasteiger partial charge in [0.2, 0.25) is 6.41 Å². The molecule has 2 aromatic rings. The summed E-state index contributed by atoms with van der Waals surface area (Å²) < 4.78 is 13.4. The SMILES string of the molecule is CN(C=O)C1=C(C(=O)N(C)CCCO)N(Cc2ccc(F)cc2)C(c2ccc(Cl)cc2)N1. The number of amides is 2. The molecule has 1 heterocycles. The molecule has 9 heteroatoms. The first kappa shape index (κ1) is 23.6. The topological polar surface area (TPSA) is 76.1 Å². The van der Waals surface area contributed by atoms with Crippen molar-refractivity contribution in [1.29, 1.82) is 0 Å². The first-order chi connectivity index (χ1) is 15.3. The van der Waals surface area contributed by atoms with Crippen LogP contribution in [0.2, 0.25) is 5.02 Å². The van der Waals surface area contributed by atoms with Gasteiger partial charge < -0.3 is 25.1 Å². The van der Waals surface area contributed by atoms with E-state index in [0.717, 1.165) is 11.1 Å². The van der Waals surface area contributed by atoms with Crippen LogP contribution in [0.1, 0.15) is 23.7 Å². The van der Waals surface area contributed by atoms with E-state index in [1.807, 2.05) is 17.0 Å². The summed E-state index contributed by atoms with van der Waals surface area (Å²) in [4.78, 5) is 29.7. The number of nitrogens with one attached hydrogen (secondary N) is 1. The van der Waals surface area contributed by atoms with E-state index in [-0.39, 0.29) is 18.3 Å². The van der Waals surface area contributed by atoms with E-state index in [1.165, 1.54) is 21.9 Å². The van der Waals surface area contributed by atoms with Crippen molar-refractivity contribution >= 4 is 23.9 Å². The Morgan fingerprint density at radius 2 is 1.84 bits per heavy atom. The normalized spacial score (nSPS) is 15.5. The minimum Gasteiger partial charge on any atom is -0.396 e. The summed E-state index contributed by atoms with van der Waals surface area (Å²) in [6.45, 7) is 0.612. The first-order valence-electron chi connectivity index (χ1n) is 10.2. The molecule has 0 spiro atoms. The van der Waals surface area contributed by atoms with Crippen molar-refractivity contribution < 1.29 is 19.1 Å². The van der Waals surface area contributed by atoms with Gasteiger partial charge in [-0.1, -0.05) is 35.9 Å². The molecule has 1 aliphatic heterocycles.